The van der Waals surface area contributed by atoms with Crippen LogP contribution in [0.4, 0.5) is 0 Å². The summed E-state index contributed by atoms with van der Waals surface area (Å²) < 4.78 is 0. The summed E-state index contributed by atoms with van der Waals surface area (Å²) in [5, 5.41) is 4.94. The van der Waals surface area contributed by atoms with Crippen LogP contribution in [-0.2, 0) is 0 Å². The van der Waals surface area contributed by atoms with Crippen molar-refractivity contribution in [3.8, 4) is 0 Å². The van der Waals surface area contributed by atoms with Gasteiger partial charge in [0.25, 0.3) is 0 Å². The molecule has 0 bridgehead atoms. The highest BCUT2D eigenvalue weighted by molar-refractivity contribution is 8.10. The zero-order valence-electron chi connectivity index (χ0n) is 9.84. The van der Waals surface area contributed by atoms with Gasteiger partial charge in [-0.05, 0) is 33.0 Å². The van der Waals surface area contributed by atoms with Gasteiger partial charge >= 0.3 is 0 Å². The lowest BCUT2D eigenvalue weighted by Gasteiger charge is -2.12. The van der Waals surface area contributed by atoms with Crippen molar-refractivity contribution in [3.05, 3.63) is 81.6 Å². The summed E-state index contributed by atoms with van der Waals surface area (Å²) >= 11 is 1.86. The molecule has 0 nitrogen and oxygen atoms in total. The second-order valence-corrected chi connectivity index (χ2v) is 5.60. The van der Waals surface area contributed by atoms with Gasteiger partial charge in [0, 0.05) is 10.8 Å². The van der Waals surface area contributed by atoms with Crippen LogP contribution in [0.3, 0.4) is 0 Å². The maximum Gasteiger partial charge on any atom is 0.0353 e. The molecule has 1 aliphatic carbocycles. The van der Waals surface area contributed by atoms with E-state index in [9.17, 15) is 0 Å². The Kier molecular flexibility index (Phi) is 2.21. The number of benzene rings is 2. The first-order valence-corrected chi connectivity index (χ1v) is 7.05. The van der Waals surface area contributed by atoms with Crippen LogP contribution in [0.2, 0.25) is 0 Å². The standard InChI is InChI=1S/C17H12S/c1-3-7-14-12(5-1)11-13-6-2-4-8-15(13)17-16(14)9-10-18-17/h1-11,16H. The van der Waals surface area contributed by atoms with E-state index in [0.717, 1.165) is 0 Å². The molecule has 0 aromatic heterocycles. The van der Waals surface area contributed by atoms with Crippen LogP contribution < -0.4 is 10.4 Å². The van der Waals surface area contributed by atoms with Crippen LogP contribution in [0.5, 0.6) is 0 Å². The first kappa shape index (κ1) is 10.2. The minimum Gasteiger partial charge on any atom is -0.101 e. The molecule has 2 aromatic carbocycles. The topological polar surface area (TPSA) is 0 Å². The van der Waals surface area contributed by atoms with Gasteiger partial charge in [-0.2, -0.15) is 0 Å². The third kappa shape index (κ3) is 1.41. The maximum absolute atomic E-state index is 2.31. The summed E-state index contributed by atoms with van der Waals surface area (Å²) in [5.74, 6) is 0.436. The third-order valence-corrected chi connectivity index (χ3v) is 4.64. The predicted molar refractivity (Wildman–Crippen MR) is 78.6 cm³/mol. The molecule has 1 heterocycles. The Morgan fingerprint density at radius 3 is 2.72 bits per heavy atom. The van der Waals surface area contributed by atoms with Gasteiger partial charge < -0.3 is 0 Å². The van der Waals surface area contributed by atoms with Crippen molar-refractivity contribution < 1.29 is 0 Å². The fourth-order valence-electron chi connectivity index (χ4n) is 2.77. The highest BCUT2D eigenvalue weighted by Crippen LogP contribution is 2.42. The van der Waals surface area contributed by atoms with Crippen LogP contribution in [-0.4, -0.2) is 0 Å². The van der Waals surface area contributed by atoms with Crippen molar-refractivity contribution in [1.82, 2.24) is 0 Å². The molecular formula is C17H12S. The third-order valence-electron chi connectivity index (χ3n) is 3.62. The molecule has 0 saturated heterocycles. The van der Waals surface area contributed by atoms with Crippen molar-refractivity contribution >= 4 is 22.7 Å². The monoisotopic (exact) mass is 248 g/mol. The van der Waals surface area contributed by atoms with Gasteiger partial charge in [-0.25, -0.2) is 0 Å². The van der Waals surface area contributed by atoms with Crippen LogP contribution in [0.1, 0.15) is 17.0 Å². The molecule has 2 aromatic rings. The van der Waals surface area contributed by atoms with Crippen molar-refractivity contribution in [1.29, 1.82) is 0 Å². The largest absolute Gasteiger partial charge is 0.101 e. The second kappa shape index (κ2) is 3.89. The van der Waals surface area contributed by atoms with Crippen molar-refractivity contribution in [2.75, 3.05) is 0 Å². The molecule has 0 fully saturated rings. The highest BCUT2D eigenvalue weighted by Gasteiger charge is 2.22. The van der Waals surface area contributed by atoms with Gasteiger partial charge in [-0.15, -0.1) is 11.8 Å². The number of allylic oxidation sites excluding steroid dienone is 1. The normalized spacial score (nSPS) is 19.6. The minimum absolute atomic E-state index is 0.436. The number of thioether (sulfide) groups is 1. The molecule has 18 heavy (non-hydrogen) atoms. The maximum atomic E-state index is 2.31. The fraction of sp³-hybridized carbons (Fsp3) is 0.0588. The number of rotatable bonds is 0. The van der Waals surface area contributed by atoms with E-state index in [1.165, 1.54) is 26.5 Å². The fourth-order valence-corrected chi connectivity index (χ4v) is 3.82. The van der Waals surface area contributed by atoms with E-state index in [-0.39, 0.29) is 0 Å². The van der Waals surface area contributed by atoms with E-state index in [4.69, 9.17) is 0 Å². The van der Waals surface area contributed by atoms with E-state index < -0.39 is 0 Å². The molecule has 0 N–H and O–H groups in total. The van der Waals surface area contributed by atoms with Gasteiger partial charge in [0.05, 0.1) is 0 Å². The van der Waals surface area contributed by atoms with Crippen molar-refractivity contribution in [2.45, 2.75) is 5.92 Å². The Hall–Kier alpha value is -1.73. The summed E-state index contributed by atoms with van der Waals surface area (Å²) in [4.78, 5) is 1.46. The zero-order chi connectivity index (χ0) is 11.9. The molecule has 0 saturated carbocycles. The molecule has 1 atom stereocenters. The van der Waals surface area contributed by atoms with Gasteiger partial charge in [0.15, 0.2) is 0 Å². The summed E-state index contributed by atoms with van der Waals surface area (Å²) in [6.45, 7) is 0. The molecule has 86 valence electrons. The Labute approximate surface area is 110 Å². The Bertz CT molecular complexity index is 768. The molecule has 1 heteroatoms. The average molecular weight is 248 g/mol. The average Bonchev–Trinajstić information content (AvgIpc) is 2.84. The molecule has 0 amide bonds. The summed E-state index contributed by atoms with van der Waals surface area (Å²) in [5.41, 5.74) is 2.77. The predicted octanol–water partition coefficient (Wildman–Crippen LogP) is 2.98. The second-order valence-electron chi connectivity index (χ2n) is 4.65. The molecule has 1 aliphatic heterocycles. The lowest BCUT2D eigenvalue weighted by Crippen LogP contribution is -2.25. The van der Waals surface area contributed by atoms with Crippen LogP contribution in [0.25, 0.3) is 11.0 Å². The number of hydrogen-bond acceptors (Lipinski definition) is 1. The lowest BCUT2D eigenvalue weighted by atomic mass is 9.94. The van der Waals surface area contributed by atoms with Crippen molar-refractivity contribution in [2.24, 2.45) is 0 Å². The summed E-state index contributed by atoms with van der Waals surface area (Å²) in [6, 6.07) is 17.4. The quantitative estimate of drug-likeness (QED) is 0.690. The number of fused-ring (bicyclic) bond motifs is 4. The Morgan fingerprint density at radius 2 is 1.72 bits per heavy atom. The lowest BCUT2D eigenvalue weighted by molar-refractivity contribution is 1.14. The van der Waals surface area contributed by atoms with Crippen LogP contribution in [0, 0.1) is 0 Å². The molecule has 0 radical (unpaired) electrons. The molecule has 4 rings (SSSR count). The molecular weight excluding hydrogens is 236 g/mol. The summed E-state index contributed by atoms with van der Waals surface area (Å²) in [7, 11) is 0. The van der Waals surface area contributed by atoms with Gasteiger partial charge in [0.2, 0.25) is 0 Å². The highest BCUT2D eigenvalue weighted by atomic mass is 32.2. The Balaban J connectivity index is 2.18. The zero-order valence-corrected chi connectivity index (χ0v) is 10.7. The van der Waals surface area contributed by atoms with E-state index in [0.29, 0.717) is 5.92 Å². The molecule has 0 spiro atoms. The smallest absolute Gasteiger partial charge is 0.0353 e. The Morgan fingerprint density at radius 1 is 0.889 bits per heavy atom. The van der Waals surface area contributed by atoms with E-state index in [1.54, 1.807) is 0 Å². The van der Waals surface area contributed by atoms with Gasteiger partial charge in [0.1, 0.15) is 0 Å². The first-order valence-electron chi connectivity index (χ1n) is 6.17. The SMILES string of the molecule is C1=CC2C(=c3ccccc3=Cc3ccccc32)S1. The van der Waals surface area contributed by atoms with Crippen LogP contribution in [0.15, 0.2) is 60.0 Å². The van der Waals surface area contributed by atoms with Crippen LogP contribution >= 0.6 is 11.8 Å². The molecule has 2 aliphatic rings. The number of hydrogen-bond donors (Lipinski definition) is 0. The minimum atomic E-state index is 0.436. The first-order chi connectivity index (χ1) is 8.93. The van der Waals surface area contributed by atoms with E-state index in [2.05, 4.69) is 66.1 Å². The van der Waals surface area contributed by atoms with Crippen molar-refractivity contribution in [3.63, 3.8) is 0 Å². The van der Waals surface area contributed by atoms with E-state index >= 15 is 0 Å². The summed E-state index contributed by atoms with van der Waals surface area (Å²) in [6.07, 6.45) is 4.62. The van der Waals surface area contributed by atoms with Gasteiger partial charge in [-0.1, -0.05) is 54.6 Å². The van der Waals surface area contributed by atoms with Gasteiger partial charge in [-0.3, -0.25) is 0 Å². The molecule has 1 unspecified atom stereocenters. The van der Waals surface area contributed by atoms with E-state index in [1.807, 2.05) is 11.8 Å².